The lowest BCUT2D eigenvalue weighted by Crippen LogP contribution is -2.43. The number of benzene rings is 2. The van der Waals surface area contributed by atoms with Crippen LogP contribution in [0.4, 0.5) is 24.5 Å². The lowest BCUT2D eigenvalue weighted by atomic mass is 9.99. The van der Waals surface area contributed by atoms with Crippen molar-refractivity contribution in [1.82, 2.24) is 4.31 Å². The molecule has 1 fully saturated rings. The number of hydrogen-bond acceptors (Lipinski definition) is 6. The molecule has 2 aliphatic rings. The number of ether oxygens (including phenoxy) is 2. The van der Waals surface area contributed by atoms with Crippen molar-refractivity contribution < 1.29 is 40.7 Å². The summed E-state index contributed by atoms with van der Waals surface area (Å²) in [4.78, 5) is 24.2. The summed E-state index contributed by atoms with van der Waals surface area (Å²) in [6.07, 6.45) is -3.93. The van der Waals surface area contributed by atoms with E-state index in [1.807, 2.05) is 0 Å². The number of piperidine rings is 1. The summed E-state index contributed by atoms with van der Waals surface area (Å²) in [7, 11) is -3.95. The van der Waals surface area contributed by atoms with Crippen LogP contribution in [0.1, 0.15) is 12.8 Å². The molecule has 2 heterocycles. The normalized spacial score (nSPS) is 18.9. The van der Waals surface area contributed by atoms with Gasteiger partial charge in [0.1, 0.15) is 11.5 Å². The standard InChI is InChI=1S/C21H20F3N3O6S/c22-21(23,24)33-15-5-3-14(4-6-15)25-20(29)13-2-1-9-27(11-13)34(30,31)16-7-8-18-17(10-16)26-19(28)12-32-18/h3-8,10,13H,1-2,9,11-12H2,(H,25,29)(H,26,28). The second-order valence-corrected chi connectivity index (χ2v) is 9.70. The van der Waals surface area contributed by atoms with Crippen LogP contribution in [0.2, 0.25) is 0 Å². The number of amides is 2. The average Bonchev–Trinajstić information content (AvgIpc) is 2.79. The smallest absolute Gasteiger partial charge is 0.482 e. The van der Waals surface area contributed by atoms with Gasteiger partial charge in [0.05, 0.1) is 16.5 Å². The summed E-state index contributed by atoms with van der Waals surface area (Å²) < 4.78 is 73.4. The molecule has 0 aliphatic carbocycles. The Morgan fingerprint density at radius 3 is 2.62 bits per heavy atom. The molecule has 1 unspecified atom stereocenters. The first-order valence-electron chi connectivity index (χ1n) is 10.2. The number of rotatable bonds is 5. The predicted molar refractivity (Wildman–Crippen MR) is 114 cm³/mol. The van der Waals surface area contributed by atoms with Crippen LogP contribution in [0.3, 0.4) is 0 Å². The highest BCUT2D eigenvalue weighted by Crippen LogP contribution is 2.32. The highest BCUT2D eigenvalue weighted by Gasteiger charge is 2.34. The summed E-state index contributed by atoms with van der Waals surface area (Å²) in [5.41, 5.74) is 0.506. The van der Waals surface area contributed by atoms with E-state index >= 15 is 0 Å². The fourth-order valence-electron chi connectivity index (χ4n) is 3.73. The van der Waals surface area contributed by atoms with Crippen molar-refractivity contribution >= 4 is 33.2 Å². The molecule has 9 nitrogen and oxygen atoms in total. The van der Waals surface area contributed by atoms with Gasteiger partial charge in [-0.1, -0.05) is 0 Å². The van der Waals surface area contributed by atoms with Crippen LogP contribution in [0.25, 0.3) is 0 Å². The number of alkyl halides is 3. The fourth-order valence-corrected chi connectivity index (χ4v) is 5.28. The quantitative estimate of drug-likeness (QED) is 0.654. The van der Waals surface area contributed by atoms with Gasteiger partial charge in [-0.25, -0.2) is 8.42 Å². The largest absolute Gasteiger partial charge is 0.573 e. The van der Waals surface area contributed by atoms with Crippen LogP contribution in [0, 0.1) is 5.92 Å². The number of carbonyl (C=O) groups excluding carboxylic acids is 2. The van der Waals surface area contributed by atoms with Crippen molar-refractivity contribution in [2.45, 2.75) is 24.1 Å². The molecule has 2 aromatic rings. The van der Waals surface area contributed by atoms with Gasteiger partial charge in [0.2, 0.25) is 15.9 Å². The Balaban J connectivity index is 1.43. The van der Waals surface area contributed by atoms with E-state index in [4.69, 9.17) is 4.74 Å². The molecule has 0 saturated carbocycles. The summed E-state index contributed by atoms with van der Waals surface area (Å²) in [6.45, 7) is -0.000985. The molecule has 13 heteroatoms. The third-order valence-corrected chi connectivity index (χ3v) is 7.19. The van der Waals surface area contributed by atoms with E-state index in [0.29, 0.717) is 18.6 Å². The van der Waals surface area contributed by atoms with Gasteiger partial charge >= 0.3 is 6.36 Å². The van der Waals surface area contributed by atoms with Crippen LogP contribution in [-0.4, -0.2) is 50.6 Å². The topological polar surface area (TPSA) is 114 Å². The van der Waals surface area contributed by atoms with Crippen molar-refractivity contribution in [2.24, 2.45) is 5.92 Å². The van der Waals surface area contributed by atoms with Crippen LogP contribution in [-0.2, 0) is 19.6 Å². The molecule has 1 atom stereocenters. The van der Waals surface area contributed by atoms with Gasteiger partial charge in [-0.15, -0.1) is 13.2 Å². The number of carbonyl (C=O) groups is 2. The number of anilines is 2. The van der Waals surface area contributed by atoms with E-state index < -0.39 is 39.9 Å². The van der Waals surface area contributed by atoms with E-state index in [1.54, 1.807) is 0 Å². The van der Waals surface area contributed by atoms with E-state index in [-0.39, 0.29) is 36.0 Å². The molecule has 2 aromatic carbocycles. The molecule has 0 radical (unpaired) electrons. The summed E-state index contributed by atoms with van der Waals surface area (Å²) in [5.74, 6) is -1.56. The minimum Gasteiger partial charge on any atom is -0.482 e. The second-order valence-electron chi connectivity index (χ2n) is 7.76. The Labute approximate surface area is 192 Å². The number of nitrogens with zero attached hydrogens (tertiary/aromatic N) is 1. The van der Waals surface area contributed by atoms with E-state index in [9.17, 15) is 31.2 Å². The first kappa shape index (κ1) is 23.8. The lowest BCUT2D eigenvalue weighted by Gasteiger charge is -2.31. The number of sulfonamides is 1. The molecule has 2 amide bonds. The SMILES string of the molecule is O=C1COc2ccc(S(=O)(=O)N3CCCC(C(=O)Nc4ccc(OC(F)(F)F)cc4)C3)cc2N1. The van der Waals surface area contributed by atoms with E-state index in [0.717, 1.165) is 12.1 Å². The number of hydrogen-bond donors (Lipinski definition) is 2. The first-order chi connectivity index (χ1) is 16.0. The maximum Gasteiger partial charge on any atom is 0.573 e. The van der Waals surface area contributed by atoms with Gasteiger partial charge in [-0.3, -0.25) is 9.59 Å². The first-order valence-corrected chi connectivity index (χ1v) is 11.7. The van der Waals surface area contributed by atoms with Gasteiger partial charge in [0, 0.05) is 18.8 Å². The Bertz CT molecular complexity index is 1200. The van der Waals surface area contributed by atoms with Crippen LogP contribution >= 0.6 is 0 Å². The summed E-state index contributed by atoms with van der Waals surface area (Å²) >= 11 is 0. The van der Waals surface area contributed by atoms with Crippen molar-refractivity contribution in [3.05, 3.63) is 42.5 Å². The maximum absolute atomic E-state index is 13.2. The summed E-state index contributed by atoms with van der Waals surface area (Å²) in [6, 6.07) is 8.82. The van der Waals surface area contributed by atoms with Crippen LogP contribution in [0.15, 0.2) is 47.4 Å². The van der Waals surface area contributed by atoms with Gasteiger partial charge in [0.15, 0.2) is 6.61 Å². The molecule has 34 heavy (non-hydrogen) atoms. The molecule has 182 valence electrons. The molecule has 1 saturated heterocycles. The molecule has 0 spiro atoms. The Morgan fingerprint density at radius 1 is 1.18 bits per heavy atom. The van der Waals surface area contributed by atoms with Gasteiger partial charge in [-0.2, -0.15) is 4.31 Å². The minimum atomic E-state index is -4.82. The Morgan fingerprint density at radius 2 is 1.91 bits per heavy atom. The van der Waals surface area contributed by atoms with Crippen LogP contribution in [0.5, 0.6) is 11.5 Å². The minimum absolute atomic E-state index is 0.0432. The number of nitrogens with one attached hydrogen (secondary N) is 2. The third-order valence-electron chi connectivity index (χ3n) is 5.33. The monoisotopic (exact) mass is 499 g/mol. The lowest BCUT2D eigenvalue weighted by molar-refractivity contribution is -0.274. The highest BCUT2D eigenvalue weighted by molar-refractivity contribution is 7.89. The molecular formula is C21H20F3N3O6S. The van der Waals surface area contributed by atoms with E-state index in [1.165, 1.54) is 34.6 Å². The summed E-state index contributed by atoms with van der Waals surface area (Å²) in [5, 5.41) is 5.16. The molecule has 0 aromatic heterocycles. The van der Waals surface area contributed by atoms with Crippen molar-refractivity contribution in [2.75, 3.05) is 30.3 Å². The van der Waals surface area contributed by atoms with Crippen molar-refractivity contribution in [3.8, 4) is 11.5 Å². The highest BCUT2D eigenvalue weighted by atomic mass is 32.2. The molecule has 4 rings (SSSR count). The Hall–Kier alpha value is -3.32. The molecule has 0 bridgehead atoms. The van der Waals surface area contributed by atoms with Crippen molar-refractivity contribution in [1.29, 1.82) is 0 Å². The molecule has 2 aliphatic heterocycles. The zero-order valence-electron chi connectivity index (χ0n) is 17.6. The molecular weight excluding hydrogens is 479 g/mol. The number of fused-ring (bicyclic) bond motifs is 1. The average molecular weight is 499 g/mol. The van der Waals surface area contributed by atoms with Crippen LogP contribution < -0.4 is 20.1 Å². The zero-order valence-corrected chi connectivity index (χ0v) is 18.4. The van der Waals surface area contributed by atoms with Gasteiger partial charge < -0.3 is 20.1 Å². The second kappa shape index (κ2) is 9.14. The maximum atomic E-state index is 13.2. The zero-order chi connectivity index (χ0) is 24.5. The predicted octanol–water partition coefficient (Wildman–Crippen LogP) is 2.96. The third kappa shape index (κ3) is 5.42. The van der Waals surface area contributed by atoms with Gasteiger partial charge in [-0.05, 0) is 55.3 Å². The number of halogens is 3. The van der Waals surface area contributed by atoms with E-state index in [2.05, 4.69) is 15.4 Å². The Kier molecular flexibility index (Phi) is 6.41. The fraction of sp³-hybridized carbons (Fsp3) is 0.333. The van der Waals surface area contributed by atoms with Gasteiger partial charge in [0.25, 0.3) is 5.91 Å². The van der Waals surface area contributed by atoms with Crippen molar-refractivity contribution in [3.63, 3.8) is 0 Å². The molecule has 2 N–H and O–H groups in total.